The molecule has 2 amide bonds. The normalized spacial score (nSPS) is 13.1. The minimum Gasteiger partial charge on any atom is -0.334 e. The lowest BCUT2D eigenvalue weighted by Gasteiger charge is -2.28. The summed E-state index contributed by atoms with van der Waals surface area (Å²) in [5, 5.41) is 4.86. The van der Waals surface area contributed by atoms with E-state index in [9.17, 15) is 14.0 Å². The Balaban J connectivity index is 1.57. The summed E-state index contributed by atoms with van der Waals surface area (Å²) in [7, 11) is 0. The molecule has 0 spiro atoms. The number of hydrogen-bond acceptors (Lipinski definition) is 3. The van der Waals surface area contributed by atoms with Gasteiger partial charge in [-0.2, -0.15) is 0 Å². The van der Waals surface area contributed by atoms with Gasteiger partial charge in [0.2, 0.25) is 0 Å². The Kier molecular flexibility index (Phi) is 5.52. The first kappa shape index (κ1) is 19.8. The molecule has 0 fully saturated rings. The Hall–Kier alpha value is -2.51. The van der Waals surface area contributed by atoms with Gasteiger partial charge in [0.25, 0.3) is 11.8 Å². The van der Waals surface area contributed by atoms with Crippen molar-refractivity contribution in [3.8, 4) is 0 Å². The number of halogens is 2. The third-order valence-electron chi connectivity index (χ3n) is 5.08. The molecule has 1 aromatic heterocycles. The molecule has 0 atom stereocenters. The molecule has 0 aliphatic carbocycles. The maximum absolute atomic E-state index is 13.5. The Morgan fingerprint density at radius 3 is 2.83 bits per heavy atom. The van der Waals surface area contributed by atoms with Crippen molar-refractivity contribution in [2.45, 2.75) is 19.9 Å². The smallest absolute Gasteiger partial charge is 0.256 e. The number of carbonyl (C=O) groups excluding carboxylic acids is 2. The van der Waals surface area contributed by atoms with Crippen LogP contribution in [0, 0.1) is 12.7 Å². The van der Waals surface area contributed by atoms with Crippen molar-refractivity contribution in [2.75, 3.05) is 11.9 Å². The van der Waals surface area contributed by atoms with Crippen LogP contribution in [0.25, 0.3) is 0 Å². The molecule has 2 aromatic carbocycles. The Morgan fingerprint density at radius 2 is 2.00 bits per heavy atom. The zero-order valence-corrected chi connectivity index (χ0v) is 18.1. The van der Waals surface area contributed by atoms with Crippen LogP contribution in [0.2, 0.25) is 0 Å². The number of amides is 2. The Bertz CT molecular complexity index is 1110. The molecule has 7 heteroatoms. The topological polar surface area (TPSA) is 49.4 Å². The summed E-state index contributed by atoms with van der Waals surface area (Å²) in [5.41, 5.74) is 3.18. The largest absolute Gasteiger partial charge is 0.334 e. The average molecular weight is 473 g/mol. The maximum atomic E-state index is 13.5. The number of nitrogens with one attached hydrogen (secondary N) is 1. The molecule has 0 bridgehead atoms. The highest BCUT2D eigenvalue weighted by molar-refractivity contribution is 9.10. The SMILES string of the molecule is Cc1c(NC(=O)c2cc(F)ccc2Br)cccc1C(=O)N1CCc2sccc2C1. The molecule has 1 aliphatic heterocycles. The van der Waals surface area contributed by atoms with Crippen LogP contribution < -0.4 is 5.32 Å². The molecule has 1 aliphatic rings. The molecule has 148 valence electrons. The molecule has 4 nitrogen and oxygen atoms in total. The van der Waals surface area contributed by atoms with Crippen LogP contribution in [0.4, 0.5) is 10.1 Å². The van der Waals surface area contributed by atoms with E-state index < -0.39 is 11.7 Å². The van der Waals surface area contributed by atoms with Crippen molar-refractivity contribution >= 4 is 44.8 Å². The minimum atomic E-state index is -0.489. The van der Waals surface area contributed by atoms with Crippen LogP contribution in [0.5, 0.6) is 0 Å². The highest BCUT2D eigenvalue weighted by Crippen LogP contribution is 2.27. The van der Waals surface area contributed by atoms with Crippen molar-refractivity contribution in [3.05, 3.63) is 85.3 Å². The molecule has 29 heavy (non-hydrogen) atoms. The maximum Gasteiger partial charge on any atom is 0.256 e. The van der Waals surface area contributed by atoms with Crippen molar-refractivity contribution in [1.29, 1.82) is 0 Å². The zero-order chi connectivity index (χ0) is 20.5. The van der Waals surface area contributed by atoms with E-state index in [1.807, 2.05) is 11.8 Å². The molecule has 0 radical (unpaired) electrons. The van der Waals surface area contributed by atoms with Crippen LogP contribution in [0.1, 0.15) is 36.7 Å². The van der Waals surface area contributed by atoms with Gasteiger partial charge < -0.3 is 10.2 Å². The second-order valence-electron chi connectivity index (χ2n) is 6.90. The number of thiophene rings is 1. The summed E-state index contributed by atoms with van der Waals surface area (Å²) in [5.74, 6) is -0.982. The van der Waals surface area contributed by atoms with Gasteiger partial charge in [0, 0.05) is 33.7 Å². The lowest BCUT2D eigenvalue weighted by atomic mass is 10.0. The van der Waals surface area contributed by atoms with E-state index in [-0.39, 0.29) is 11.5 Å². The predicted molar refractivity (Wildman–Crippen MR) is 116 cm³/mol. The number of rotatable bonds is 3. The van der Waals surface area contributed by atoms with Crippen LogP contribution in [0.3, 0.4) is 0 Å². The second-order valence-corrected chi connectivity index (χ2v) is 8.76. The van der Waals surface area contributed by atoms with E-state index in [1.54, 1.807) is 29.5 Å². The van der Waals surface area contributed by atoms with Crippen molar-refractivity contribution in [3.63, 3.8) is 0 Å². The van der Waals surface area contributed by atoms with Gasteiger partial charge >= 0.3 is 0 Å². The van der Waals surface area contributed by atoms with Gasteiger partial charge in [-0.3, -0.25) is 9.59 Å². The highest BCUT2D eigenvalue weighted by Gasteiger charge is 2.24. The van der Waals surface area contributed by atoms with E-state index in [1.165, 1.54) is 28.6 Å². The highest BCUT2D eigenvalue weighted by atomic mass is 79.9. The lowest BCUT2D eigenvalue weighted by Crippen LogP contribution is -2.35. The molecular formula is C22H18BrFN2O2S. The molecule has 3 aromatic rings. The summed E-state index contributed by atoms with van der Waals surface area (Å²) in [6.07, 6.45) is 0.863. The molecule has 1 N–H and O–H groups in total. The standard InChI is InChI=1S/C22H18BrFN2O2S/c1-13-16(22(28)26-9-7-20-14(12-26)8-10-29-20)3-2-4-19(13)25-21(27)17-11-15(24)5-6-18(17)23/h2-6,8,10-11H,7,9,12H2,1H3,(H,25,27). The lowest BCUT2D eigenvalue weighted by molar-refractivity contribution is 0.0735. The fraction of sp³-hybridized carbons (Fsp3) is 0.182. The van der Waals surface area contributed by atoms with Gasteiger partial charge in [-0.1, -0.05) is 6.07 Å². The van der Waals surface area contributed by atoms with E-state index in [2.05, 4.69) is 32.7 Å². The first-order chi connectivity index (χ1) is 13.9. The Morgan fingerprint density at radius 1 is 1.17 bits per heavy atom. The first-order valence-corrected chi connectivity index (χ1v) is 10.8. The minimum absolute atomic E-state index is 0.0533. The summed E-state index contributed by atoms with van der Waals surface area (Å²) >= 11 is 5.01. The van der Waals surface area contributed by atoms with Crippen LogP contribution in [-0.2, 0) is 13.0 Å². The third-order valence-corrected chi connectivity index (χ3v) is 6.79. The quantitative estimate of drug-likeness (QED) is 0.553. The van der Waals surface area contributed by atoms with Crippen LogP contribution in [0.15, 0.2) is 52.3 Å². The van der Waals surface area contributed by atoms with Crippen LogP contribution in [-0.4, -0.2) is 23.3 Å². The van der Waals surface area contributed by atoms with Gasteiger partial charge in [-0.05, 0) is 82.2 Å². The fourth-order valence-corrected chi connectivity index (χ4v) is 4.77. The molecule has 0 saturated heterocycles. The van der Waals surface area contributed by atoms with E-state index in [0.717, 1.165) is 6.42 Å². The van der Waals surface area contributed by atoms with Crippen LogP contribution >= 0.6 is 27.3 Å². The number of anilines is 1. The van der Waals surface area contributed by atoms with E-state index >= 15 is 0 Å². The molecule has 0 unspecified atom stereocenters. The average Bonchev–Trinajstić information content (AvgIpc) is 3.18. The van der Waals surface area contributed by atoms with Crippen molar-refractivity contribution in [1.82, 2.24) is 4.90 Å². The number of nitrogens with zero attached hydrogens (tertiary/aromatic N) is 1. The summed E-state index contributed by atoms with van der Waals surface area (Å²) in [6, 6.07) is 11.3. The third kappa shape index (κ3) is 3.97. The molecule has 4 rings (SSSR count). The van der Waals surface area contributed by atoms with Crippen molar-refractivity contribution in [2.24, 2.45) is 0 Å². The zero-order valence-electron chi connectivity index (χ0n) is 15.7. The van der Waals surface area contributed by atoms with Gasteiger partial charge in [0.15, 0.2) is 0 Å². The molecular weight excluding hydrogens is 455 g/mol. The molecule has 2 heterocycles. The van der Waals surface area contributed by atoms with Gasteiger partial charge in [-0.25, -0.2) is 4.39 Å². The monoisotopic (exact) mass is 472 g/mol. The Labute approximate surface area is 180 Å². The summed E-state index contributed by atoms with van der Waals surface area (Å²) < 4.78 is 14.0. The number of carbonyl (C=O) groups is 2. The van der Waals surface area contributed by atoms with Gasteiger partial charge in [-0.15, -0.1) is 11.3 Å². The summed E-state index contributed by atoms with van der Waals surface area (Å²) in [4.78, 5) is 28.9. The van der Waals surface area contributed by atoms with Crippen molar-refractivity contribution < 1.29 is 14.0 Å². The number of benzene rings is 2. The number of fused-ring (bicyclic) bond motifs is 1. The first-order valence-electron chi connectivity index (χ1n) is 9.14. The van der Waals surface area contributed by atoms with E-state index in [4.69, 9.17) is 0 Å². The summed E-state index contributed by atoms with van der Waals surface area (Å²) in [6.45, 7) is 3.09. The fourth-order valence-electron chi connectivity index (χ4n) is 3.46. The van der Waals surface area contributed by atoms with Gasteiger partial charge in [0.05, 0.1) is 5.56 Å². The second kappa shape index (κ2) is 8.08. The molecule has 0 saturated carbocycles. The van der Waals surface area contributed by atoms with E-state index in [0.29, 0.717) is 34.4 Å². The van der Waals surface area contributed by atoms with Gasteiger partial charge in [0.1, 0.15) is 5.82 Å². The number of hydrogen-bond donors (Lipinski definition) is 1. The predicted octanol–water partition coefficient (Wildman–Crippen LogP) is 5.41.